The molecular formula is C23H25NO2. The minimum absolute atomic E-state index is 0.0960. The monoisotopic (exact) mass is 347 g/mol. The van der Waals surface area contributed by atoms with Gasteiger partial charge < -0.3 is 14.4 Å². The third kappa shape index (κ3) is 2.93. The zero-order valence-electron chi connectivity index (χ0n) is 15.5. The second-order valence-corrected chi connectivity index (χ2v) is 7.29. The van der Waals surface area contributed by atoms with Crippen LogP contribution in [-0.2, 0) is 17.6 Å². The fourth-order valence-electron chi connectivity index (χ4n) is 4.26. The maximum Gasteiger partial charge on any atom is 0.118 e. The summed E-state index contributed by atoms with van der Waals surface area (Å²) in [5, 5.41) is 0. The number of hydrogen-bond acceptors (Lipinski definition) is 3. The van der Waals surface area contributed by atoms with Crippen LogP contribution in [0, 0.1) is 0 Å². The van der Waals surface area contributed by atoms with Gasteiger partial charge in [0.05, 0.1) is 7.11 Å². The first-order valence-corrected chi connectivity index (χ1v) is 8.99. The van der Waals surface area contributed by atoms with Gasteiger partial charge in [0.1, 0.15) is 11.9 Å². The third-order valence-electron chi connectivity index (χ3n) is 5.27. The molecule has 4 rings (SSSR count). The molecule has 0 bridgehead atoms. The van der Waals surface area contributed by atoms with Crippen molar-refractivity contribution in [2.24, 2.45) is 0 Å². The van der Waals surface area contributed by atoms with Crippen LogP contribution in [0.3, 0.4) is 0 Å². The fourth-order valence-corrected chi connectivity index (χ4v) is 4.26. The van der Waals surface area contributed by atoms with E-state index in [0.717, 1.165) is 37.2 Å². The number of ether oxygens (including phenoxy) is 2. The van der Waals surface area contributed by atoms with Crippen molar-refractivity contribution in [2.75, 3.05) is 32.2 Å². The summed E-state index contributed by atoms with van der Waals surface area (Å²) in [5.41, 5.74) is 8.94. The van der Waals surface area contributed by atoms with Crippen LogP contribution in [0.25, 0.3) is 0 Å². The maximum absolute atomic E-state index is 5.89. The number of rotatable bonds is 4. The summed E-state index contributed by atoms with van der Waals surface area (Å²) in [6, 6.07) is 12.7. The Kier molecular flexibility index (Phi) is 4.33. The van der Waals surface area contributed by atoms with Gasteiger partial charge in [-0.2, -0.15) is 0 Å². The lowest BCUT2D eigenvalue weighted by Gasteiger charge is -2.39. The predicted molar refractivity (Wildman–Crippen MR) is 106 cm³/mol. The lowest BCUT2D eigenvalue weighted by atomic mass is 9.85. The molecule has 0 amide bonds. The van der Waals surface area contributed by atoms with Gasteiger partial charge in [-0.1, -0.05) is 48.6 Å². The zero-order chi connectivity index (χ0) is 18.3. The summed E-state index contributed by atoms with van der Waals surface area (Å²) in [5.74, 6) is 0.854. The third-order valence-corrected chi connectivity index (χ3v) is 5.27. The van der Waals surface area contributed by atoms with Gasteiger partial charge >= 0.3 is 0 Å². The van der Waals surface area contributed by atoms with Crippen molar-refractivity contribution in [2.45, 2.75) is 18.9 Å². The molecule has 2 aromatic carbocycles. The average Bonchev–Trinajstić information content (AvgIpc) is 2.62. The highest BCUT2D eigenvalue weighted by Gasteiger charge is 2.28. The predicted octanol–water partition coefficient (Wildman–Crippen LogP) is 4.46. The molecule has 0 saturated carbocycles. The molecule has 0 radical (unpaired) electrons. The molecular weight excluding hydrogens is 322 g/mol. The summed E-state index contributed by atoms with van der Waals surface area (Å²) in [7, 11) is 3.45. The van der Waals surface area contributed by atoms with Crippen LogP contribution in [0.15, 0.2) is 60.7 Å². The summed E-state index contributed by atoms with van der Waals surface area (Å²) >= 11 is 0. The van der Waals surface area contributed by atoms with Crippen molar-refractivity contribution in [3.05, 3.63) is 83.0 Å². The van der Waals surface area contributed by atoms with Crippen LogP contribution in [0.5, 0.6) is 5.75 Å². The van der Waals surface area contributed by atoms with Crippen molar-refractivity contribution < 1.29 is 9.47 Å². The molecule has 1 unspecified atom stereocenters. The Hall–Kier alpha value is -2.52. The van der Waals surface area contributed by atoms with Gasteiger partial charge in [0.2, 0.25) is 0 Å². The molecule has 0 N–H and O–H groups in total. The first kappa shape index (κ1) is 16.9. The highest BCUT2D eigenvalue weighted by Crippen LogP contribution is 2.40. The van der Waals surface area contributed by atoms with Crippen molar-refractivity contribution in [1.82, 2.24) is 0 Å². The Morgan fingerprint density at radius 3 is 1.96 bits per heavy atom. The second-order valence-electron chi connectivity index (χ2n) is 7.29. The number of hydrogen-bond donors (Lipinski definition) is 0. The van der Waals surface area contributed by atoms with Crippen molar-refractivity contribution in [3.8, 4) is 5.75 Å². The van der Waals surface area contributed by atoms with E-state index in [-0.39, 0.29) is 6.10 Å². The van der Waals surface area contributed by atoms with E-state index in [1.165, 1.54) is 33.5 Å². The van der Waals surface area contributed by atoms with Crippen molar-refractivity contribution in [1.29, 1.82) is 0 Å². The molecule has 2 aliphatic rings. The van der Waals surface area contributed by atoms with E-state index in [2.05, 4.69) is 42.3 Å². The lowest BCUT2D eigenvalue weighted by molar-refractivity contribution is 0.136. The Balaban J connectivity index is 1.78. The fraction of sp³-hybridized carbons (Fsp3) is 0.304. The lowest BCUT2D eigenvalue weighted by Crippen LogP contribution is -2.36. The van der Waals surface area contributed by atoms with Crippen molar-refractivity contribution in [3.63, 3.8) is 0 Å². The molecule has 0 spiro atoms. The molecule has 2 aliphatic heterocycles. The van der Waals surface area contributed by atoms with E-state index >= 15 is 0 Å². The summed E-state index contributed by atoms with van der Waals surface area (Å²) in [6.07, 6.45) is 1.79. The highest BCUT2D eigenvalue weighted by atomic mass is 16.5. The van der Waals surface area contributed by atoms with E-state index < -0.39 is 0 Å². The highest BCUT2D eigenvalue weighted by molar-refractivity contribution is 5.68. The minimum atomic E-state index is -0.0960. The second kappa shape index (κ2) is 6.65. The normalized spacial score (nSPS) is 17.1. The number of anilines is 1. The van der Waals surface area contributed by atoms with Gasteiger partial charge in [-0.15, -0.1) is 0 Å². The summed E-state index contributed by atoms with van der Waals surface area (Å²) in [4.78, 5) is 2.42. The van der Waals surface area contributed by atoms with Gasteiger partial charge in [0, 0.05) is 25.9 Å². The van der Waals surface area contributed by atoms with Crippen molar-refractivity contribution >= 4 is 5.69 Å². The average molecular weight is 347 g/mol. The van der Waals surface area contributed by atoms with Gasteiger partial charge in [-0.25, -0.2) is 0 Å². The Morgan fingerprint density at radius 1 is 0.885 bits per heavy atom. The van der Waals surface area contributed by atoms with Crippen LogP contribution in [-0.4, -0.2) is 27.3 Å². The molecule has 134 valence electrons. The zero-order valence-corrected chi connectivity index (χ0v) is 15.5. The van der Waals surface area contributed by atoms with E-state index in [1.807, 2.05) is 12.1 Å². The molecule has 0 saturated heterocycles. The first-order valence-electron chi connectivity index (χ1n) is 8.99. The molecule has 3 nitrogen and oxygen atoms in total. The van der Waals surface area contributed by atoms with Crippen LogP contribution in [0.2, 0.25) is 0 Å². The van der Waals surface area contributed by atoms with Crippen LogP contribution in [0.4, 0.5) is 5.69 Å². The maximum atomic E-state index is 5.89. The molecule has 2 heterocycles. The molecule has 3 heteroatoms. The van der Waals surface area contributed by atoms with E-state index in [4.69, 9.17) is 9.47 Å². The van der Waals surface area contributed by atoms with E-state index in [0.29, 0.717) is 0 Å². The molecule has 2 aromatic rings. The van der Waals surface area contributed by atoms with Crippen LogP contribution < -0.4 is 9.64 Å². The Bertz CT molecular complexity index is 825. The number of nitrogens with zero attached hydrogens (tertiary/aromatic N) is 1. The molecule has 1 atom stereocenters. The standard InChI is InChI=1S/C23H25NO2/c1-15-9-18-11-20(12-19-10-16(2)14-24(13-15)22(18)19)23(26-4)17-5-7-21(25-3)8-6-17/h5-8,11-12,23H,1-2,9-10,13-14H2,3-4H3. The summed E-state index contributed by atoms with van der Waals surface area (Å²) in [6.45, 7) is 10.4. The molecule has 0 fully saturated rings. The topological polar surface area (TPSA) is 21.7 Å². The molecule has 0 aliphatic carbocycles. The summed E-state index contributed by atoms with van der Waals surface area (Å²) < 4.78 is 11.2. The molecule has 26 heavy (non-hydrogen) atoms. The number of benzene rings is 2. The Morgan fingerprint density at radius 2 is 1.46 bits per heavy atom. The minimum Gasteiger partial charge on any atom is -0.497 e. The Labute approximate surface area is 155 Å². The van der Waals surface area contributed by atoms with Crippen LogP contribution in [0.1, 0.15) is 28.4 Å². The number of methoxy groups -OCH3 is 2. The smallest absolute Gasteiger partial charge is 0.118 e. The SMILES string of the molecule is C=C1Cc2cc(C(OC)c3ccc(OC)cc3)cc3c2N(C1)CC(=C)C3. The van der Waals surface area contributed by atoms with Crippen LogP contribution >= 0.6 is 0 Å². The van der Waals surface area contributed by atoms with Gasteiger partial charge in [0.15, 0.2) is 0 Å². The molecule has 0 aromatic heterocycles. The first-order chi connectivity index (χ1) is 12.6. The van der Waals surface area contributed by atoms with E-state index in [1.54, 1.807) is 14.2 Å². The quantitative estimate of drug-likeness (QED) is 0.762. The largest absolute Gasteiger partial charge is 0.497 e. The van der Waals surface area contributed by atoms with E-state index in [9.17, 15) is 0 Å². The van der Waals surface area contributed by atoms with Gasteiger partial charge in [0.25, 0.3) is 0 Å². The van der Waals surface area contributed by atoms with Gasteiger partial charge in [-0.05, 0) is 47.2 Å². The van der Waals surface area contributed by atoms with Gasteiger partial charge in [-0.3, -0.25) is 0 Å².